The zero-order chi connectivity index (χ0) is 14.7. The minimum atomic E-state index is 0.813. The lowest BCUT2D eigenvalue weighted by atomic mass is 10.1. The molecule has 0 saturated carbocycles. The van der Waals surface area contributed by atoms with Crippen molar-refractivity contribution >= 4 is 11.0 Å². The normalized spacial score (nSPS) is 11.1. The molecule has 0 unspecified atom stereocenters. The fourth-order valence-corrected chi connectivity index (χ4v) is 2.73. The number of nitrogens with one attached hydrogen (secondary N) is 1. The number of imidazole rings is 1. The highest BCUT2D eigenvalue weighted by Gasteiger charge is 2.10. The number of hydrogen-bond acceptors (Lipinski definition) is 3. The Hall–Kier alpha value is -2.20. The summed E-state index contributed by atoms with van der Waals surface area (Å²) in [4.78, 5) is 9.11. The molecular formula is C17H20N4. The van der Waals surface area contributed by atoms with Gasteiger partial charge in [0.1, 0.15) is 5.82 Å². The quantitative estimate of drug-likeness (QED) is 0.781. The van der Waals surface area contributed by atoms with Crippen LogP contribution in [0.15, 0.2) is 42.7 Å². The SMILES string of the molecule is CCn1c(Cc2cncc(CNC)c2)nc2ccccc21. The average molecular weight is 280 g/mol. The molecule has 108 valence electrons. The predicted molar refractivity (Wildman–Crippen MR) is 85.2 cm³/mol. The molecule has 1 N–H and O–H groups in total. The first-order chi connectivity index (χ1) is 10.3. The average Bonchev–Trinajstić information content (AvgIpc) is 2.85. The van der Waals surface area contributed by atoms with Gasteiger partial charge in [-0.2, -0.15) is 0 Å². The van der Waals surface area contributed by atoms with Crippen molar-refractivity contribution in [2.45, 2.75) is 26.4 Å². The number of para-hydroxylation sites is 2. The van der Waals surface area contributed by atoms with E-state index in [0.717, 1.165) is 30.9 Å². The van der Waals surface area contributed by atoms with Crippen LogP contribution in [0.3, 0.4) is 0 Å². The van der Waals surface area contributed by atoms with Crippen molar-refractivity contribution in [3.8, 4) is 0 Å². The van der Waals surface area contributed by atoms with Crippen LogP contribution in [0.2, 0.25) is 0 Å². The van der Waals surface area contributed by atoms with E-state index in [1.807, 2.05) is 25.5 Å². The molecule has 0 amide bonds. The molecule has 3 aromatic rings. The van der Waals surface area contributed by atoms with E-state index >= 15 is 0 Å². The number of hydrogen-bond donors (Lipinski definition) is 1. The topological polar surface area (TPSA) is 42.7 Å². The first-order valence-electron chi connectivity index (χ1n) is 7.33. The van der Waals surface area contributed by atoms with Gasteiger partial charge in [0.25, 0.3) is 0 Å². The Morgan fingerprint density at radius 3 is 2.76 bits per heavy atom. The van der Waals surface area contributed by atoms with Crippen molar-refractivity contribution in [1.82, 2.24) is 19.9 Å². The van der Waals surface area contributed by atoms with E-state index in [0.29, 0.717) is 0 Å². The molecule has 4 nitrogen and oxygen atoms in total. The Labute approximate surface area is 124 Å². The van der Waals surface area contributed by atoms with Gasteiger partial charge in [0.15, 0.2) is 0 Å². The van der Waals surface area contributed by atoms with Gasteiger partial charge in [-0.25, -0.2) is 4.98 Å². The van der Waals surface area contributed by atoms with E-state index in [4.69, 9.17) is 4.98 Å². The Morgan fingerprint density at radius 2 is 1.95 bits per heavy atom. The molecule has 0 atom stereocenters. The van der Waals surface area contributed by atoms with Gasteiger partial charge in [0, 0.05) is 31.9 Å². The van der Waals surface area contributed by atoms with Gasteiger partial charge in [0.05, 0.1) is 11.0 Å². The van der Waals surface area contributed by atoms with Crippen LogP contribution in [-0.2, 0) is 19.5 Å². The summed E-state index contributed by atoms with van der Waals surface area (Å²) in [5.41, 5.74) is 4.67. The number of aromatic nitrogens is 3. The Kier molecular flexibility index (Phi) is 3.97. The molecule has 21 heavy (non-hydrogen) atoms. The maximum absolute atomic E-state index is 4.77. The molecule has 3 rings (SSSR count). The number of pyridine rings is 1. The zero-order valence-electron chi connectivity index (χ0n) is 12.5. The molecule has 0 aliphatic carbocycles. The van der Waals surface area contributed by atoms with E-state index < -0.39 is 0 Å². The highest BCUT2D eigenvalue weighted by Crippen LogP contribution is 2.18. The second kappa shape index (κ2) is 6.06. The first-order valence-corrected chi connectivity index (χ1v) is 7.33. The molecule has 0 bridgehead atoms. The number of fused-ring (bicyclic) bond motifs is 1. The highest BCUT2D eigenvalue weighted by atomic mass is 15.1. The summed E-state index contributed by atoms with van der Waals surface area (Å²) < 4.78 is 2.28. The lowest BCUT2D eigenvalue weighted by Crippen LogP contribution is -2.07. The molecule has 0 aliphatic rings. The summed E-state index contributed by atoms with van der Waals surface area (Å²) in [6.45, 7) is 3.93. The Bertz CT molecular complexity index is 745. The van der Waals surface area contributed by atoms with Gasteiger partial charge in [-0.15, -0.1) is 0 Å². The standard InChI is InChI=1S/C17H20N4/c1-3-21-16-7-5-4-6-15(16)20-17(21)9-13-8-14(10-18-2)12-19-11-13/h4-8,11-12,18H,3,9-10H2,1-2H3. The lowest BCUT2D eigenvalue weighted by molar-refractivity contribution is 0.732. The van der Waals surface area contributed by atoms with Crippen molar-refractivity contribution in [3.63, 3.8) is 0 Å². The van der Waals surface area contributed by atoms with Crippen LogP contribution < -0.4 is 5.32 Å². The van der Waals surface area contributed by atoms with E-state index in [-0.39, 0.29) is 0 Å². The largest absolute Gasteiger partial charge is 0.328 e. The zero-order valence-corrected chi connectivity index (χ0v) is 12.5. The van der Waals surface area contributed by atoms with Crippen LogP contribution in [0.1, 0.15) is 23.9 Å². The Balaban J connectivity index is 1.96. The number of rotatable bonds is 5. The van der Waals surface area contributed by atoms with Gasteiger partial charge >= 0.3 is 0 Å². The smallest absolute Gasteiger partial charge is 0.114 e. The van der Waals surface area contributed by atoms with Crippen molar-refractivity contribution in [3.05, 3.63) is 59.7 Å². The third kappa shape index (κ3) is 2.81. The highest BCUT2D eigenvalue weighted by molar-refractivity contribution is 5.76. The monoisotopic (exact) mass is 280 g/mol. The summed E-state index contributed by atoms with van der Waals surface area (Å²) in [6, 6.07) is 10.5. The fourth-order valence-electron chi connectivity index (χ4n) is 2.73. The van der Waals surface area contributed by atoms with Gasteiger partial charge in [-0.3, -0.25) is 4.98 Å². The molecule has 0 spiro atoms. The molecular weight excluding hydrogens is 260 g/mol. The maximum Gasteiger partial charge on any atom is 0.114 e. The summed E-state index contributed by atoms with van der Waals surface area (Å²) in [6.07, 6.45) is 4.65. The molecule has 1 aromatic carbocycles. The number of aryl methyl sites for hydroxylation is 1. The van der Waals surface area contributed by atoms with Crippen molar-refractivity contribution in [1.29, 1.82) is 0 Å². The van der Waals surface area contributed by atoms with E-state index in [2.05, 4.69) is 46.1 Å². The third-order valence-corrected chi connectivity index (χ3v) is 3.64. The summed E-state index contributed by atoms with van der Waals surface area (Å²) in [5, 5.41) is 3.16. The molecule has 0 radical (unpaired) electrons. The second-order valence-electron chi connectivity index (χ2n) is 5.17. The van der Waals surface area contributed by atoms with Crippen LogP contribution >= 0.6 is 0 Å². The maximum atomic E-state index is 4.77. The molecule has 0 saturated heterocycles. The summed E-state index contributed by atoms with van der Waals surface area (Å²) in [5.74, 6) is 1.10. The molecule has 0 aliphatic heterocycles. The minimum Gasteiger partial charge on any atom is -0.328 e. The molecule has 2 aromatic heterocycles. The van der Waals surface area contributed by atoms with Crippen LogP contribution in [0.4, 0.5) is 0 Å². The van der Waals surface area contributed by atoms with Crippen molar-refractivity contribution in [2.75, 3.05) is 7.05 Å². The number of benzene rings is 1. The lowest BCUT2D eigenvalue weighted by Gasteiger charge is -2.07. The van der Waals surface area contributed by atoms with Gasteiger partial charge in [-0.1, -0.05) is 18.2 Å². The Morgan fingerprint density at radius 1 is 1.14 bits per heavy atom. The van der Waals surface area contributed by atoms with E-state index in [1.165, 1.54) is 16.6 Å². The van der Waals surface area contributed by atoms with Crippen LogP contribution in [0, 0.1) is 0 Å². The van der Waals surface area contributed by atoms with Crippen molar-refractivity contribution < 1.29 is 0 Å². The molecule has 2 heterocycles. The van der Waals surface area contributed by atoms with E-state index in [9.17, 15) is 0 Å². The van der Waals surface area contributed by atoms with Crippen LogP contribution in [-0.4, -0.2) is 21.6 Å². The van der Waals surface area contributed by atoms with Crippen LogP contribution in [0.5, 0.6) is 0 Å². The predicted octanol–water partition coefficient (Wildman–Crippen LogP) is 2.76. The molecule has 4 heteroatoms. The van der Waals surface area contributed by atoms with E-state index in [1.54, 1.807) is 0 Å². The summed E-state index contributed by atoms with van der Waals surface area (Å²) >= 11 is 0. The second-order valence-corrected chi connectivity index (χ2v) is 5.17. The van der Waals surface area contributed by atoms with Crippen LogP contribution in [0.25, 0.3) is 11.0 Å². The fraction of sp³-hybridized carbons (Fsp3) is 0.294. The van der Waals surface area contributed by atoms with Gasteiger partial charge in [-0.05, 0) is 37.2 Å². The van der Waals surface area contributed by atoms with Gasteiger partial charge in [0.2, 0.25) is 0 Å². The number of nitrogens with zero attached hydrogens (tertiary/aromatic N) is 3. The summed E-state index contributed by atoms with van der Waals surface area (Å²) in [7, 11) is 1.95. The first kappa shape index (κ1) is 13.8. The third-order valence-electron chi connectivity index (χ3n) is 3.64. The minimum absolute atomic E-state index is 0.813. The molecule has 0 fully saturated rings. The van der Waals surface area contributed by atoms with Crippen molar-refractivity contribution in [2.24, 2.45) is 0 Å². The van der Waals surface area contributed by atoms with Gasteiger partial charge < -0.3 is 9.88 Å².